The number of hydrogen-bond donors (Lipinski definition) is 2. The van der Waals surface area contributed by atoms with Gasteiger partial charge < -0.3 is 10.1 Å². The van der Waals surface area contributed by atoms with E-state index < -0.39 is 17.6 Å². The van der Waals surface area contributed by atoms with Gasteiger partial charge in [-0.05, 0) is 54.5 Å². The van der Waals surface area contributed by atoms with Crippen LogP contribution in [0.2, 0.25) is 5.02 Å². The largest absolute Gasteiger partial charge is 0.493 e. The number of anilines is 1. The zero-order valence-corrected chi connectivity index (χ0v) is 16.6. The van der Waals surface area contributed by atoms with E-state index in [2.05, 4.69) is 10.6 Å². The second kappa shape index (κ2) is 9.25. The number of carbonyl (C=O) groups excluding carboxylic acids is 1. The van der Waals surface area contributed by atoms with Crippen molar-refractivity contribution in [1.82, 2.24) is 5.32 Å². The third-order valence-electron chi connectivity index (χ3n) is 3.45. The number of hydrogen-bond acceptors (Lipinski definition) is 3. The maximum atomic E-state index is 12.8. The molecule has 0 aliphatic carbocycles. The summed E-state index contributed by atoms with van der Waals surface area (Å²) in [6.07, 6.45) is -4.53. The molecule has 0 aliphatic rings. The van der Waals surface area contributed by atoms with E-state index in [9.17, 15) is 18.0 Å². The van der Waals surface area contributed by atoms with E-state index in [1.54, 1.807) is 24.3 Å². The Morgan fingerprint density at radius 3 is 2.57 bits per heavy atom. The van der Waals surface area contributed by atoms with Crippen molar-refractivity contribution in [2.45, 2.75) is 20.0 Å². The van der Waals surface area contributed by atoms with E-state index in [1.165, 1.54) is 0 Å². The molecule has 2 N–H and O–H groups in total. The molecule has 28 heavy (non-hydrogen) atoms. The van der Waals surface area contributed by atoms with Crippen LogP contribution in [-0.4, -0.2) is 17.6 Å². The van der Waals surface area contributed by atoms with Crippen LogP contribution in [0.5, 0.6) is 5.75 Å². The Hall–Kier alpha value is -2.32. The lowest BCUT2D eigenvalue weighted by molar-refractivity contribution is -0.137. The van der Waals surface area contributed by atoms with Crippen LogP contribution in [0.4, 0.5) is 18.9 Å². The molecule has 0 aromatic heterocycles. The normalized spacial score (nSPS) is 11.2. The summed E-state index contributed by atoms with van der Waals surface area (Å²) in [5.74, 6) is 0.322. The van der Waals surface area contributed by atoms with Gasteiger partial charge in [0.1, 0.15) is 5.75 Å². The van der Waals surface area contributed by atoms with E-state index >= 15 is 0 Å². The zero-order valence-electron chi connectivity index (χ0n) is 15.1. The molecule has 0 bridgehead atoms. The van der Waals surface area contributed by atoms with Gasteiger partial charge in [0, 0.05) is 5.56 Å². The van der Waals surface area contributed by atoms with Crippen molar-refractivity contribution in [3.63, 3.8) is 0 Å². The van der Waals surface area contributed by atoms with Crippen LogP contribution < -0.4 is 15.4 Å². The molecule has 0 unspecified atom stereocenters. The second-order valence-corrected chi connectivity index (χ2v) is 7.15. The van der Waals surface area contributed by atoms with Crippen LogP contribution in [0.25, 0.3) is 0 Å². The number of amides is 1. The first kappa shape index (κ1) is 22.0. The standard InChI is InChI=1S/C19H18ClF3N2O2S/c1-11(2)10-27-14-5-3-4-12(8-14)17(26)25-18(28)24-16-9-13(19(21,22)23)6-7-15(16)20/h3-9,11H,10H2,1-2H3,(H2,24,25,26,28). The average Bonchev–Trinajstić information content (AvgIpc) is 2.61. The van der Waals surface area contributed by atoms with Gasteiger partial charge in [0.2, 0.25) is 0 Å². The molecular formula is C19H18ClF3N2O2S. The van der Waals surface area contributed by atoms with Crippen LogP contribution >= 0.6 is 23.8 Å². The summed E-state index contributed by atoms with van der Waals surface area (Å²) in [4.78, 5) is 12.3. The molecule has 0 radical (unpaired) electrons. The Kier molecular flexibility index (Phi) is 7.26. The summed E-state index contributed by atoms with van der Waals surface area (Å²) in [5, 5.41) is 4.78. The lowest BCUT2D eigenvalue weighted by atomic mass is 10.2. The molecule has 0 saturated carbocycles. The minimum absolute atomic E-state index is 0.0358. The van der Waals surface area contributed by atoms with Gasteiger partial charge in [-0.1, -0.05) is 31.5 Å². The molecule has 150 valence electrons. The minimum Gasteiger partial charge on any atom is -0.493 e. The predicted molar refractivity (Wildman–Crippen MR) is 107 cm³/mol. The fourth-order valence-electron chi connectivity index (χ4n) is 2.12. The van der Waals surface area contributed by atoms with Crippen LogP contribution in [-0.2, 0) is 6.18 Å². The summed E-state index contributed by atoms with van der Waals surface area (Å²) in [7, 11) is 0. The summed E-state index contributed by atoms with van der Waals surface area (Å²) < 4.78 is 44.1. The van der Waals surface area contributed by atoms with Gasteiger partial charge in [0.05, 0.1) is 22.9 Å². The van der Waals surface area contributed by atoms with E-state index in [-0.39, 0.29) is 15.8 Å². The zero-order chi connectivity index (χ0) is 20.9. The number of nitrogens with one attached hydrogen (secondary N) is 2. The molecule has 0 fully saturated rings. The van der Waals surface area contributed by atoms with Gasteiger partial charge in [-0.25, -0.2) is 0 Å². The number of carbonyl (C=O) groups is 1. The van der Waals surface area contributed by atoms with Crippen molar-refractivity contribution in [2.75, 3.05) is 11.9 Å². The first-order valence-corrected chi connectivity index (χ1v) is 9.07. The smallest absolute Gasteiger partial charge is 0.416 e. The number of thiocarbonyl (C=S) groups is 1. The maximum Gasteiger partial charge on any atom is 0.416 e. The maximum absolute atomic E-state index is 12.8. The summed E-state index contributed by atoms with van der Waals surface area (Å²) in [6.45, 7) is 4.50. The van der Waals surface area contributed by atoms with Gasteiger partial charge in [0.25, 0.3) is 5.91 Å². The monoisotopic (exact) mass is 430 g/mol. The topological polar surface area (TPSA) is 50.4 Å². The highest BCUT2D eigenvalue weighted by molar-refractivity contribution is 7.80. The lowest BCUT2D eigenvalue weighted by Crippen LogP contribution is -2.34. The van der Waals surface area contributed by atoms with Gasteiger partial charge in [-0.15, -0.1) is 0 Å². The molecule has 9 heteroatoms. The van der Waals surface area contributed by atoms with Crippen molar-refractivity contribution >= 4 is 40.5 Å². The van der Waals surface area contributed by atoms with Crippen LogP contribution in [0.15, 0.2) is 42.5 Å². The molecule has 0 spiro atoms. The molecule has 0 heterocycles. The molecule has 0 saturated heterocycles. The lowest BCUT2D eigenvalue weighted by Gasteiger charge is -2.14. The van der Waals surface area contributed by atoms with Crippen molar-refractivity contribution in [1.29, 1.82) is 0 Å². The number of alkyl halides is 3. The van der Waals surface area contributed by atoms with E-state index in [4.69, 9.17) is 28.6 Å². The number of ether oxygens (including phenoxy) is 1. The quantitative estimate of drug-likeness (QED) is 0.613. The highest BCUT2D eigenvalue weighted by Crippen LogP contribution is 2.33. The number of halogens is 4. The van der Waals surface area contributed by atoms with Crippen molar-refractivity contribution < 1.29 is 22.7 Å². The van der Waals surface area contributed by atoms with Gasteiger partial charge >= 0.3 is 6.18 Å². The molecule has 0 aliphatic heterocycles. The molecule has 0 atom stereocenters. The number of benzene rings is 2. The molecule has 2 aromatic carbocycles. The predicted octanol–water partition coefficient (Wildman–Crippen LogP) is 5.52. The summed E-state index contributed by atoms with van der Waals surface area (Å²) in [6, 6.07) is 9.28. The Labute approximate surface area is 171 Å². The first-order chi connectivity index (χ1) is 13.1. The molecule has 2 aromatic rings. The summed E-state index contributed by atoms with van der Waals surface area (Å²) >= 11 is 10.9. The van der Waals surface area contributed by atoms with E-state index in [0.29, 0.717) is 23.8 Å². The van der Waals surface area contributed by atoms with Crippen molar-refractivity contribution in [3.8, 4) is 5.75 Å². The molecular weight excluding hydrogens is 413 g/mol. The van der Waals surface area contributed by atoms with Gasteiger partial charge in [-0.2, -0.15) is 13.2 Å². The minimum atomic E-state index is -4.53. The Morgan fingerprint density at radius 2 is 1.93 bits per heavy atom. The Balaban J connectivity index is 2.05. The van der Waals surface area contributed by atoms with Crippen molar-refractivity contribution in [2.24, 2.45) is 5.92 Å². The van der Waals surface area contributed by atoms with Crippen LogP contribution in [0, 0.1) is 5.92 Å². The third-order valence-corrected chi connectivity index (χ3v) is 3.98. The summed E-state index contributed by atoms with van der Waals surface area (Å²) in [5.41, 5.74) is -0.653. The van der Waals surface area contributed by atoms with Gasteiger partial charge in [0.15, 0.2) is 5.11 Å². The highest BCUT2D eigenvalue weighted by Gasteiger charge is 2.31. The Bertz CT molecular complexity index is 872. The van der Waals surface area contributed by atoms with Crippen LogP contribution in [0.1, 0.15) is 29.8 Å². The SMILES string of the molecule is CC(C)COc1cccc(C(=O)NC(=S)Nc2cc(C(F)(F)F)ccc2Cl)c1. The molecule has 4 nitrogen and oxygen atoms in total. The fourth-order valence-corrected chi connectivity index (χ4v) is 2.48. The number of rotatable bonds is 5. The van der Waals surface area contributed by atoms with E-state index in [0.717, 1.165) is 18.2 Å². The van der Waals surface area contributed by atoms with Crippen LogP contribution in [0.3, 0.4) is 0 Å². The highest BCUT2D eigenvalue weighted by atomic mass is 35.5. The second-order valence-electron chi connectivity index (χ2n) is 6.33. The average molecular weight is 431 g/mol. The fraction of sp³-hybridized carbons (Fsp3) is 0.263. The third kappa shape index (κ3) is 6.38. The van der Waals surface area contributed by atoms with Gasteiger partial charge in [-0.3, -0.25) is 10.1 Å². The molecule has 2 rings (SSSR count). The first-order valence-electron chi connectivity index (χ1n) is 8.28. The van der Waals surface area contributed by atoms with E-state index in [1.807, 2.05) is 13.8 Å². The molecule has 1 amide bonds. The van der Waals surface area contributed by atoms with Crippen molar-refractivity contribution in [3.05, 3.63) is 58.6 Å². The Morgan fingerprint density at radius 1 is 1.21 bits per heavy atom.